The summed E-state index contributed by atoms with van der Waals surface area (Å²) in [5.41, 5.74) is 3.12. The van der Waals surface area contributed by atoms with E-state index >= 15 is 0 Å². The summed E-state index contributed by atoms with van der Waals surface area (Å²) >= 11 is 0. The number of rotatable bonds is 5. The topological polar surface area (TPSA) is 29.5 Å². The zero-order chi connectivity index (χ0) is 14.6. The molecular formula is C16H25NO2. The number of likely N-dealkylation sites (N-methyl/N-ethyl adjacent to an activating group) is 1. The van der Waals surface area contributed by atoms with Crippen molar-refractivity contribution in [2.75, 3.05) is 13.7 Å². The van der Waals surface area contributed by atoms with Crippen LogP contribution in [-0.2, 0) is 16.1 Å². The molecule has 1 aromatic rings. The van der Waals surface area contributed by atoms with Gasteiger partial charge in [0.15, 0.2) is 0 Å². The Morgan fingerprint density at radius 2 is 1.95 bits per heavy atom. The van der Waals surface area contributed by atoms with Crippen molar-refractivity contribution in [3.63, 3.8) is 0 Å². The van der Waals surface area contributed by atoms with Gasteiger partial charge in [0.25, 0.3) is 0 Å². The molecule has 0 unspecified atom stereocenters. The van der Waals surface area contributed by atoms with Crippen LogP contribution in [0.15, 0.2) is 18.2 Å². The van der Waals surface area contributed by atoms with E-state index in [0.717, 1.165) is 6.54 Å². The molecule has 0 N–H and O–H groups in total. The van der Waals surface area contributed by atoms with Gasteiger partial charge >= 0.3 is 5.97 Å². The molecule has 1 aromatic carbocycles. The van der Waals surface area contributed by atoms with Crippen molar-refractivity contribution >= 4 is 5.97 Å². The first-order valence-electron chi connectivity index (χ1n) is 6.73. The number of aryl methyl sites for hydroxylation is 2. The van der Waals surface area contributed by atoms with Gasteiger partial charge in [0, 0.05) is 6.54 Å². The predicted octanol–water partition coefficient (Wildman–Crippen LogP) is 3.08. The van der Waals surface area contributed by atoms with Crippen molar-refractivity contribution in [1.82, 2.24) is 4.90 Å². The zero-order valence-electron chi connectivity index (χ0n) is 12.9. The van der Waals surface area contributed by atoms with Crippen molar-refractivity contribution in [3.05, 3.63) is 34.9 Å². The van der Waals surface area contributed by atoms with Crippen LogP contribution in [0.4, 0.5) is 0 Å². The molecule has 0 atom stereocenters. The second-order valence-electron chi connectivity index (χ2n) is 5.57. The van der Waals surface area contributed by atoms with Crippen LogP contribution in [0.25, 0.3) is 0 Å². The number of benzene rings is 1. The van der Waals surface area contributed by atoms with E-state index in [1.54, 1.807) is 0 Å². The van der Waals surface area contributed by atoms with E-state index in [1.807, 2.05) is 32.7 Å². The molecular weight excluding hydrogens is 238 g/mol. The van der Waals surface area contributed by atoms with Gasteiger partial charge in [0.05, 0.1) is 6.61 Å². The number of carbonyl (C=O) groups is 1. The van der Waals surface area contributed by atoms with E-state index in [1.165, 1.54) is 16.7 Å². The van der Waals surface area contributed by atoms with Crippen molar-refractivity contribution in [2.45, 2.75) is 46.7 Å². The third-order valence-corrected chi connectivity index (χ3v) is 3.64. The third kappa shape index (κ3) is 3.80. The van der Waals surface area contributed by atoms with Gasteiger partial charge in [0.1, 0.15) is 5.54 Å². The molecule has 0 aliphatic heterocycles. The highest BCUT2D eigenvalue weighted by atomic mass is 16.5. The second-order valence-corrected chi connectivity index (χ2v) is 5.57. The van der Waals surface area contributed by atoms with E-state index < -0.39 is 5.54 Å². The van der Waals surface area contributed by atoms with Gasteiger partial charge in [-0.3, -0.25) is 9.69 Å². The number of nitrogens with zero attached hydrogens (tertiary/aromatic N) is 1. The molecule has 0 heterocycles. The van der Waals surface area contributed by atoms with Crippen LogP contribution in [0.3, 0.4) is 0 Å². The lowest BCUT2D eigenvalue weighted by Gasteiger charge is -2.33. The van der Waals surface area contributed by atoms with E-state index in [9.17, 15) is 4.79 Å². The Kier molecular flexibility index (Phi) is 5.12. The molecule has 0 aliphatic rings. The summed E-state index contributed by atoms with van der Waals surface area (Å²) in [7, 11) is 1.96. The lowest BCUT2D eigenvalue weighted by atomic mass is 10.0. The van der Waals surface area contributed by atoms with Crippen LogP contribution in [0, 0.1) is 13.8 Å². The number of esters is 1. The molecule has 0 spiro atoms. The molecule has 19 heavy (non-hydrogen) atoms. The number of ether oxygens (including phenoxy) is 1. The number of carbonyl (C=O) groups excluding carboxylic acids is 1. The highest BCUT2D eigenvalue weighted by molar-refractivity contribution is 5.79. The summed E-state index contributed by atoms with van der Waals surface area (Å²) in [5.74, 6) is -0.178. The Morgan fingerprint density at radius 3 is 2.53 bits per heavy atom. The normalized spacial score (nSPS) is 11.7. The van der Waals surface area contributed by atoms with Crippen LogP contribution in [0.5, 0.6) is 0 Å². The summed E-state index contributed by atoms with van der Waals surface area (Å²) in [5, 5.41) is 0. The number of hydrogen-bond donors (Lipinski definition) is 0. The average molecular weight is 263 g/mol. The van der Waals surface area contributed by atoms with Gasteiger partial charge in [-0.25, -0.2) is 0 Å². The molecule has 0 amide bonds. The Balaban J connectivity index is 2.86. The van der Waals surface area contributed by atoms with Gasteiger partial charge in [-0.15, -0.1) is 0 Å². The maximum absolute atomic E-state index is 12.0. The van der Waals surface area contributed by atoms with Crippen LogP contribution >= 0.6 is 0 Å². The Labute approximate surface area is 116 Å². The fourth-order valence-corrected chi connectivity index (χ4v) is 1.89. The van der Waals surface area contributed by atoms with Crippen molar-refractivity contribution in [1.29, 1.82) is 0 Å². The molecule has 0 radical (unpaired) electrons. The maximum Gasteiger partial charge on any atom is 0.325 e. The summed E-state index contributed by atoms with van der Waals surface area (Å²) in [6.45, 7) is 11.0. The molecule has 0 aliphatic carbocycles. The minimum Gasteiger partial charge on any atom is -0.465 e. The van der Waals surface area contributed by atoms with E-state index in [-0.39, 0.29) is 5.97 Å². The average Bonchev–Trinajstić information content (AvgIpc) is 2.34. The first-order valence-corrected chi connectivity index (χ1v) is 6.73. The smallest absolute Gasteiger partial charge is 0.325 e. The fourth-order valence-electron chi connectivity index (χ4n) is 1.89. The summed E-state index contributed by atoms with van der Waals surface area (Å²) in [6.07, 6.45) is 0. The van der Waals surface area contributed by atoms with Gasteiger partial charge in [0.2, 0.25) is 0 Å². The van der Waals surface area contributed by atoms with E-state index in [4.69, 9.17) is 4.74 Å². The Hall–Kier alpha value is -1.35. The molecule has 0 aromatic heterocycles. The first-order chi connectivity index (χ1) is 8.78. The highest BCUT2D eigenvalue weighted by Crippen LogP contribution is 2.20. The van der Waals surface area contributed by atoms with Crippen molar-refractivity contribution < 1.29 is 9.53 Å². The summed E-state index contributed by atoms with van der Waals surface area (Å²) in [4.78, 5) is 14.0. The molecule has 0 saturated heterocycles. The fraction of sp³-hybridized carbons (Fsp3) is 0.562. The minimum atomic E-state index is -0.619. The monoisotopic (exact) mass is 263 g/mol. The van der Waals surface area contributed by atoms with Crippen LogP contribution in [0.1, 0.15) is 37.5 Å². The zero-order valence-corrected chi connectivity index (χ0v) is 12.9. The molecule has 3 heteroatoms. The Morgan fingerprint density at radius 1 is 1.32 bits per heavy atom. The Bertz CT molecular complexity index is 452. The van der Waals surface area contributed by atoms with E-state index in [0.29, 0.717) is 6.61 Å². The molecule has 0 bridgehead atoms. The molecule has 106 valence electrons. The van der Waals surface area contributed by atoms with Gasteiger partial charge in [-0.2, -0.15) is 0 Å². The van der Waals surface area contributed by atoms with Crippen molar-refractivity contribution in [2.24, 2.45) is 0 Å². The van der Waals surface area contributed by atoms with Crippen LogP contribution < -0.4 is 0 Å². The van der Waals surface area contributed by atoms with E-state index in [2.05, 4.69) is 32.0 Å². The maximum atomic E-state index is 12.0. The lowest BCUT2D eigenvalue weighted by molar-refractivity contribution is -0.155. The lowest BCUT2D eigenvalue weighted by Crippen LogP contribution is -2.48. The number of hydrogen-bond acceptors (Lipinski definition) is 3. The quantitative estimate of drug-likeness (QED) is 0.765. The molecule has 0 saturated carbocycles. The SMILES string of the molecule is CCOC(=O)C(C)(C)N(C)Cc1cc(C)ccc1C. The first kappa shape index (κ1) is 15.7. The van der Waals surface area contributed by atoms with Gasteiger partial charge in [-0.1, -0.05) is 23.8 Å². The molecule has 0 fully saturated rings. The third-order valence-electron chi connectivity index (χ3n) is 3.64. The van der Waals surface area contributed by atoms with Crippen LogP contribution in [0.2, 0.25) is 0 Å². The predicted molar refractivity (Wildman–Crippen MR) is 78.1 cm³/mol. The largest absolute Gasteiger partial charge is 0.465 e. The minimum absolute atomic E-state index is 0.178. The van der Waals surface area contributed by atoms with Crippen LogP contribution in [-0.4, -0.2) is 30.1 Å². The van der Waals surface area contributed by atoms with Crippen molar-refractivity contribution in [3.8, 4) is 0 Å². The summed E-state index contributed by atoms with van der Waals surface area (Å²) < 4.78 is 5.14. The van der Waals surface area contributed by atoms with Gasteiger partial charge < -0.3 is 4.74 Å². The second kappa shape index (κ2) is 6.20. The van der Waals surface area contributed by atoms with Gasteiger partial charge in [-0.05, 0) is 52.8 Å². The molecule has 3 nitrogen and oxygen atoms in total. The standard InChI is InChI=1S/C16H25NO2/c1-7-19-15(18)16(4,5)17(6)11-14-10-12(2)8-9-13(14)3/h8-10H,7,11H2,1-6H3. The summed E-state index contributed by atoms with van der Waals surface area (Å²) in [6, 6.07) is 6.40. The molecule has 1 rings (SSSR count). The highest BCUT2D eigenvalue weighted by Gasteiger charge is 2.33.